The van der Waals surface area contributed by atoms with E-state index in [1.54, 1.807) is 0 Å². The topological polar surface area (TPSA) is 122 Å². The van der Waals surface area contributed by atoms with E-state index in [1.165, 1.54) is 5.32 Å². The van der Waals surface area contributed by atoms with E-state index in [0.717, 1.165) is 6.92 Å². The molecule has 0 bridgehead atoms. The molecule has 0 saturated carbocycles. The van der Waals surface area contributed by atoms with E-state index in [0.29, 0.717) is 0 Å². The van der Waals surface area contributed by atoms with Crippen LogP contribution < -0.4 is 5.32 Å². The number of amides is 1. The van der Waals surface area contributed by atoms with Crippen molar-refractivity contribution in [2.24, 2.45) is 0 Å². The van der Waals surface area contributed by atoms with Gasteiger partial charge in [0.05, 0.1) is 6.61 Å². The van der Waals surface area contributed by atoms with E-state index in [1.807, 2.05) is 0 Å². The average Bonchev–Trinajstić information content (AvgIpc) is 2.51. The van der Waals surface area contributed by atoms with Crippen LogP contribution in [0.3, 0.4) is 0 Å². The predicted molar refractivity (Wildman–Crippen MR) is 74.0 cm³/mol. The van der Waals surface area contributed by atoms with Crippen molar-refractivity contribution < 1.29 is 67.2 Å². The molecular formula is C12H12F8NO7S-. The second kappa shape index (κ2) is 8.78. The van der Waals surface area contributed by atoms with Crippen LogP contribution in [0.5, 0.6) is 0 Å². The lowest BCUT2D eigenvalue weighted by molar-refractivity contribution is -0.350. The van der Waals surface area contributed by atoms with E-state index >= 15 is 0 Å². The average molecular weight is 466 g/mol. The first kappa shape index (κ1) is 27.0. The Kier molecular flexibility index (Phi) is 8.17. The number of halogens is 8. The number of carbonyl (C=O) groups is 2. The molecule has 0 aromatic carbocycles. The Morgan fingerprint density at radius 2 is 1.59 bits per heavy atom. The molecule has 0 aliphatic rings. The van der Waals surface area contributed by atoms with Crippen LogP contribution in [-0.2, 0) is 29.2 Å². The number of ether oxygens (including phenoxy) is 2. The van der Waals surface area contributed by atoms with Gasteiger partial charge in [-0.25, -0.2) is 13.2 Å². The zero-order chi connectivity index (χ0) is 23.5. The minimum atomic E-state index is -6.95. The highest BCUT2D eigenvalue weighted by Crippen LogP contribution is 2.42. The lowest BCUT2D eigenvalue weighted by Gasteiger charge is -2.34. The molecule has 0 aliphatic carbocycles. The number of carbonyl (C=O) groups excluding carboxylic acids is 2. The van der Waals surface area contributed by atoms with Gasteiger partial charge in [-0.1, -0.05) is 6.58 Å². The van der Waals surface area contributed by atoms with Crippen molar-refractivity contribution in [3.8, 4) is 0 Å². The van der Waals surface area contributed by atoms with Gasteiger partial charge in [0.1, 0.15) is 0 Å². The van der Waals surface area contributed by atoms with Crippen molar-refractivity contribution >= 4 is 22.0 Å². The standard InChI is InChI=1S/C12H13F8NO7S/c1-3-21-8(23)10(11(16,17)18,28-7(22)6(2)13)27-5-4-9(14,15)12(19,20)29(24,25)26/h2-5H2,1H3,(H,21,23)(H,24,25,26)/p-1. The molecule has 8 nitrogen and oxygen atoms in total. The summed E-state index contributed by atoms with van der Waals surface area (Å²) < 4.78 is 143. The van der Waals surface area contributed by atoms with E-state index in [4.69, 9.17) is 0 Å². The Hall–Kier alpha value is -2.01. The first-order chi connectivity index (χ1) is 12.8. The number of esters is 1. The largest absolute Gasteiger partial charge is 0.743 e. The zero-order valence-electron chi connectivity index (χ0n) is 14.1. The van der Waals surface area contributed by atoms with Crippen LogP contribution in [0.4, 0.5) is 35.1 Å². The van der Waals surface area contributed by atoms with Gasteiger partial charge in [0.25, 0.3) is 0 Å². The van der Waals surface area contributed by atoms with Gasteiger partial charge in [0.15, 0.2) is 10.1 Å². The summed E-state index contributed by atoms with van der Waals surface area (Å²) in [6.45, 7) is 0.581. The molecule has 0 aliphatic heterocycles. The third kappa shape index (κ3) is 5.75. The molecule has 0 aromatic heterocycles. The van der Waals surface area contributed by atoms with Gasteiger partial charge in [0, 0.05) is 13.0 Å². The molecule has 0 spiro atoms. The maximum Gasteiger partial charge on any atom is 0.466 e. The molecule has 0 aromatic rings. The third-order valence-corrected chi connectivity index (χ3v) is 3.86. The third-order valence-electron chi connectivity index (χ3n) is 2.93. The van der Waals surface area contributed by atoms with Gasteiger partial charge in [-0.3, -0.25) is 4.79 Å². The molecule has 0 fully saturated rings. The number of alkyl halides is 7. The fourth-order valence-corrected chi connectivity index (χ4v) is 1.99. The summed E-state index contributed by atoms with van der Waals surface area (Å²) >= 11 is 0. The Labute approximate surface area is 157 Å². The van der Waals surface area contributed by atoms with Crippen LogP contribution >= 0.6 is 0 Å². The van der Waals surface area contributed by atoms with Gasteiger partial charge >= 0.3 is 35.0 Å². The Morgan fingerprint density at radius 1 is 1.10 bits per heavy atom. The maximum atomic E-state index is 13.3. The van der Waals surface area contributed by atoms with Crippen LogP contribution in [0.2, 0.25) is 0 Å². The van der Waals surface area contributed by atoms with Crippen molar-refractivity contribution in [1.29, 1.82) is 0 Å². The Morgan fingerprint density at radius 3 is 1.93 bits per heavy atom. The Bertz CT molecular complexity index is 752. The molecule has 0 saturated heterocycles. The van der Waals surface area contributed by atoms with Crippen LogP contribution in [0.15, 0.2) is 12.4 Å². The summed E-state index contributed by atoms with van der Waals surface area (Å²) in [5.74, 6) is -17.6. The van der Waals surface area contributed by atoms with E-state index in [9.17, 15) is 57.7 Å². The van der Waals surface area contributed by atoms with E-state index in [2.05, 4.69) is 16.1 Å². The summed E-state index contributed by atoms with van der Waals surface area (Å²) in [4.78, 5) is 22.8. The second-order valence-electron chi connectivity index (χ2n) is 5.04. The first-order valence-electron chi connectivity index (χ1n) is 7.04. The SMILES string of the molecule is C=C(F)C(=O)OC(OCCC(F)(F)C(F)(F)S(=O)(=O)[O-])(C(=O)NCC)C(F)(F)F. The molecule has 1 amide bonds. The second-order valence-corrected chi connectivity index (χ2v) is 6.46. The molecule has 0 radical (unpaired) electrons. The van der Waals surface area contributed by atoms with Crippen LogP contribution in [0.25, 0.3) is 0 Å². The van der Waals surface area contributed by atoms with Crippen molar-refractivity contribution in [3.63, 3.8) is 0 Å². The van der Waals surface area contributed by atoms with E-state index < -0.39 is 70.5 Å². The lowest BCUT2D eigenvalue weighted by atomic mass is 10.2. The van der Waals surface area contributed by atoms with Gasteiger partial charge in [0.2, 0.25) is 5.83 Å². The summed E-state index contributed by atoms with van der Waals surface area (Å²) in [7, 11) is -6.95. The quantitative estimate of drug-likeness (QED) is 0.171. The minimum Gasteiger partial charge on any atom is -0.743 e. The maximum absolute atomic E-state index is 13.3. The van der Waals surface area contributed by atoms with Gasteiger partial charge in [-0.05, 0) is 6.92 Å². The highest BCUT2D eigenvalue weighted by molar-refractivity contribution is 7.86. The van der Waals surface area contributed by atoms with Crippen molar-refractivity contribution in [2.45, 2.75) is 36.5 Å². The summed E-state index contributed by atoms with van der Waals surface area (Å²) in [5, 5.41) is -4.81. The van der Waals surface area contributed by atoms with Crippen molar-refractivity contribution in [1.82, 2.24) is 5.32 Å². The molecular weight excluding hydrogens is 454 g/mol. The summed E-state index contributed by atoms with van der Waals surface area (Å²) in [5.41, 5.74) is 0. The smallest absolute Gasteiger partial charge is 0.466 e. The highest BCUT2D eigenvalue weighted by atomic mass is 32.2. The first-order valence-corrected chi connectivity index (χ1v) is 8.45. The van der Waals surface area contributed by atoms with Gasteiger partial charge in [-0.15, -0.1) is 0 Å². The monoisotopic (exact) mass is 466 g/mol. The van der Waals surface area contributed by atoms with Crippen LogP contribution in [-0.4, -0.2) is 61.1 Å². The van der Waals surface area contributed by atoms with Crippen LogP contribution in [0, 0.1) is 0 Å². The molecule has 170 valence electrons. The minimum absolute atomic E-state index is 0.573. The molecule has 1 atom stereocenters. The van der Waals surface area contributed by atoms with E-state index in [-0.39, 0.29) is 0 Å². The highest BCUT2D eigenvalue weighted by Gasteiger charge is 2.67. The molecule has 0 heterocycles. The van der Waals surface area contributed by atoms with Gasteiger partial charge < -0.3 is 19.3 Å². The fourth-order valence-electron chi connectivity index (χ4n) is 1.52. The number of likely N-dealkylation sites (N-methyl/N-ethyl adjacent to an activating group) is 1. The molecule has 1 unspecified atom stereocenters. The molecule has 1 N–H and O–H groups in total. The number of nitrogens with one attached hydrogen (secondary N) is 1. The van der Waals surface area contributed by atoms with Crippen molar-refractivity contribution in [3.05, 3.63) is 12.4 Å². The molecule has 17 heteroatoms. The lowest BCUT2D eigenvalue weighted by Crippen LogP contribution is -2.62. The fraction of sp³-hybridized carbons (Fsp3) is 0.667. The predicted octanol–water partition coefficient (Wildman–Crippen LogP) is 1.59. The Balaban J connectivity index is 5.93. The number of hydrogen-bond donors (Lipinski definition) is 1. The number of hydrogen-bond acceptors (Lipinski definition) is 7. The number of rotatable bonds is 10. The van der Waals surface area contributed by atoms with Crippen LogP contribution in [0.1, 0.15) is 13.3 Å². The van der Waals surface area contributed by atoms with Gasteiger partial charge in [-0.2, -0.15) is 35.1 Å². The zero-order valence-corrected chi connectivity index (χ0v) is 14.9. The van der Waals surface area contributed by atoms with Crippen molar-refractivity contribution in [2.75, 3.05) is 13.2 Å². The summed E-state index contributed by atoms with van der Waals surface area (Å²) in [6, 6.07) is 0. The molecule has 29 heavy (non-hydrogen) atoms. The normalized spacial score (nSPS) is 15.4. The molecule has 0 rings (SSSR count). The summed E-state index contributed by atoms with van der Waals surface area (Å²) in [6.07, 6.45) is -8.60.